The molecule has 0 unspecified atom stereocenters. The first-order valence-electron chi connectivity index (χ1n) is 8.46. The predicted molar refractivity (Wildman–Crippen MR) is 97.6 cm³/mol. The number of hydrogen-bond acceptors (Lipinski definition) is 5. The highest BCUT2D eigenvalue weighted by Crippen LogP contribution is 2.48. The van der Waals surface area contributed by atoms with Gasteiger partial charge in [-0.05, 0) is 49.9 Å². The number of aromatic nitrogens is 2. The Balaban J connectivity index is 1.70. The second kappa shape index (κ2) is 6.00. The standard InChI is InChI=1S/C18H18ClN3O3S/c1-10-5-14(6-11(2)15(10)7-20)25-17-16(12-3-4-12)21-22(18(17)19)13-8-26(23,24)9-13/h5-6,12-13H,3-4,8-9H2,1-2H3. The van der Waals surface area contributed by atoms with Gasteiger partial charge in [-0.1, -0.05) is 11.6 Å². The molecule has 4 rings (SSSR count). The van der Waals surface area contributed by atoms with Crippen LogP contribution in [-0.4, -0.2) is 29.7 Å². The van der Waals surface area contributed by atoms with Gasteiger partial charge < -0.3 is 4.74 Å². The Morgan fingerprint density at radius 2 is 1.88 bits per heavy atom. The van der Waals surface area contributed by atoms with Crippen LogP contribution in [0.4, 0.5) is 0 Å². The second-order valence-electron chi connectivity index (χ2n) is 7.10. The maximum atomic E-state index is 11.5. The van der Waals surface area contributed by atoms with E-state index in [4.69, 9.17) is 16.3 Å². The minimum atomic E-state index is -2.97. The van der Waals surface area contributed by atoms with Gasteiger partial charge in [-0.3, -0.25) is 0 Å². The Kier molecular flexibility index (Phi) is 4.01. The summed E-state index contributed by atoms with van der Waals surface area (Å²) in [5.74, 6) is 1.53. The van der Waals surface area contributed by atoms with Crippen LogP contribution in [-0.2, 0) is 9.84 Å². The van der Waals surface area contributed by atoms with Crippen LogP contribution in [0.25, 0.3) is 0 Å². The lowest BCUT2D eigenvalue weighted by Crippen LogP contribution is -2.38. The summed E-state index contributed by atoms with van der Waals surface area (Å²) in [6, 6.07) is 5.58. The normalized spacial score (nSPS) is 19.0. The van der Waals surface area contributed by atoms with Crippen LogP contribution in [0.2, 0.25) is 5.15 Å². The monoisotopic (exact) mass is 391 g/mol. The van der Waals surface area contributed by atoms with E-state index in [0.29, 0.717) is 28.1 Å². The second-order valence-corrected chi connectivity index (χ2v) is 9.61. The van der Waals surface area contributed by atoms with Crippen molar-refractivity contribution in [2.75, 3.05) is 11.5 Å². The number of halogens is 1. The van der Waals surface area contributed by atoms with Gasteiger partial charge >= 0.3 is 0 Å². The van der Waals surface area contributed by atoms with Gasteiger partial charge in [0.05, 0.1) is 29.2 Å². The molecule has 1 saturated carbocycles. The van der Waals surface area contributed by atoms with E-state index in [-0.39, 0.29) is 17.5 Å². The van der Waals surface area contributed by atoms with E-state index in [0.717, 1.165) is 29.7 Å². The zero-order valence-electron chi connectivity index (χ0n) is 14.5. The molecule has 0 atom stereocenters. The highest BCUT2D eigenvalue weighted by Gasteiger charge is 2.40. The lowest BCUT2D eigenvalue weighted by atomic mass is 10.0. The lowest BCUT2D eigenvalue weighted by molar-refractivity contribution is 0.462. The van der Waals surface area contributed by atoms with Crippen molar-refractivity contribution in [3.05, 3.63) is 39.7 Å². The molecule has 8 heteroatoms. The average molecular weight is 392 g/mol. The summed E-state index contributed by atoms with van der Waals surface area (Å²) < 4.78 is 30.7. The largest absolute Gasteiger partial charge is 0.452 e. The fraction of sp³-hybridized carbons (Fsp3) is 0.444. The highest BCUT2D eigenvalue weighted by molar-refractivity contribution is 7.92. The summed E-state index contributed by atoms with van der Waals surface area (Å²) in [6.45, 7) is 3.73. The van der Waals surface area contributed by atoms with Gasteiger partial charge in [-0.2, -0.15) is 10.4 Å². The molecule has 1 aromatic carbocycles. The number of hydrogen-bond donors (Lipinski definition) is 0. The molecule has 136 valence electrons. The summed E-state index contributed by atoms with van der Waals surface area (Å²) in [5.41, 5.74) is 3.10. The smallest absolute Gasteiger partial charge is 0.187 e. The van der Waals surface area contributed by atoms with Gasteiger partial charge in [0.2, 0.25) is 0 Å². The molecule has 0 radical (unpaired) electrons. The van der Waals surface area contributed by atoms with E-state index in [1.165, 1.54) is 0 Å². The number of aryl methyl sites for hydroxylation is 2. The van der Waals surface area contributed by atoms with Gasteiger partial charge in [0.25, 0.3) is 0 Å². The summed E-state index contributed by atoms with van der Waals surface area (Å²) in [6.07, 6.45) is 2.05. The maximum Gasteiger partial charge on any atom is 0.187 e. The van der Waals surface area contributed by atoms with Gasteiger partial charge in [-0.25, -0.2) is 13.1 Å². The lowest BCUT2D eigenvalue weighted by Gasteiger charge is -2.26. The first kappa shape index (κ1) is 17.4. The fourth-order valence-corrected chi connectivity index (χ4v) is 5.00. The predicted octanol–water partition coefficient (Wildman–Crippen LogP) is 3.66. The van der Waals surface area contributed by atoms with Gasteiger partial charge in [0.1, 0.15) is 11.4 Å². The van der Waals surface area contributed by atoms with Crippen molar-refractivity contribution in [2.24, 2.45) is 0 Å². The first-order valence-corrected chi connectivity index (χ1v) is 10.7. The number of rotatable bonds is 4. The van der Waals surface area contributed by atoms with Crippen LogP contribution in [0, 0.1) is 25.2 Å². The Morgan fingerprint density at radius 1 is 1.27 bits per heavy atom. The van der Waals surface area contributed by atoms with E-state index in [1.807, 2.05) is 26.0 Å². The zero-order chi connectivity index (χ0) is 18.6. The summed E-state index contributed by atoms with van der Waals surface area (Å²) in [4.78, 5) is 0. The Labute approximate surface area is 157 Å². The molecular formula is C18H18ClN3O3S. The van der Waals surface area contributed by atoms with Crippen LogP contribution >= 0.6 is 11.6 Å². The average Bonchev–Trinajstić information content (AvgIpc) is 3.32. The van der Waals surface area contributed by atoms with E-state index in [9.17, 15) is 13.7 Å². The molecule has 2 aliphatic rings. The molecule has 6 nitrogen and oxygen atoms in total. The number of sulfone groups is 1. The molecule has 2 heterocycles. The van der Waals surface area contributed by atoms with E-state index in [2.05, 4.69) is 11.2 Å². The van der Waals surface area contributed by atoms with Crippen LogP contribution in [0.3, 0.4) is 0 Å². The molecule has 0 amide bonds. The third-order valence-electron chi connectivity index (χ3n) is 4.88. The van der Waals surface area contributed by atoms with Crippen LogP contribution in [0.1, 0.15) is 47.2 Å². The van der Waals surface area contributed by atoms with E-state index < -0.39 is 9.84 Å². The summed E-state index contributed by atoms with van der Waals surface area (Å²) in [5, 5.41) is 14.1. The van der Waals surface area contributed by atoms with Crippen molar-refractivity contribution < 1.29 is 13.2 Å². The maximum absolute atomic E-state index is 11.5. The molecule has 0 bridgehead atoms. The third-order valence-corrected chi connectivity index (χ3v) is 7.01. The highest BCUT2D eigenvalue weighted by atomic mass is 35.5. The van der Waals surface area contributed by atoms with Crippen LogP contribution in [0.15, 0.2) is 12.1 Å². The van der Waals surface area contributed by atoms with Crippen molar-refractivity contribution >= 4 is 21.4 Å². The Bertz CT molecular complexity index is 1010. The molecule has 1 aromatic heterocycles. The number of benzene rings is 1. The topological polar surface area (TPSA) is 85.0 Å². The molecule has 2 fully saturated rings. The molecule has 2 aromatic rings. The van der Waals surface area contributed by atoms with E-state index >= 15 is 0 Å². The van der Waals surface area contributed by atoms with Crippen LogP contribution < -0.4 is 4.74 Å². The summed E-state index contributed by atoms with van der Waals surface area (Å²) in [7, 11) is -2.97. The first-order chi connectivity index (χ1) is 12.3. The molecule has 1 aliphatic heterocycles. The minimum absolute atomic E-state index is 0.0625. The third kappa shape index (κ3) is 2.97. The van der Waals surface area contributed by atoms with Gasteiger partial charge in [-0.15, -0.1) is 0 Å². The molecule has 1 saturated heterocycles. The Hall–Kier alpha value is -2.04. The molecule has 1 aliphatic carbocycles. The summed E-state index contributed by atoms with van der Waals surface area (Å²) >= 11 is 6.52. The fourth-order valence-electron chi connectivity index (χ4n) is 3.33. The quantitative estimate of drug-likeness (QED) is 0.793. The van der Waals surface area contributed by atoms with Gasteiger partial charge in [0.15, 0.2) is 20.7 Å². The van der Waals surface area contributed by atoms with Crippen molar-refractivity contribution in [1.29, 1.82) is 5.26 Å². The zero-order valence-corrected chi connectivity index (χ0v) is 16.1. The SMILES string of the molecule is Cc1cc(Oc2c(C3CC3)nn(C3CS(=O)(=O)C3)c2Cl)cc(C)c1C#N. The van der Waals surface area contributed by atoms with Crippen LogP contribution in [0.5, 0.6) is 11.5 Å². The Morgan fingerprint density at radius 3 is 2.38 bits per heavy atom. The van der Waals surface area contributed by atoms with Crippen molar-refractivity contribution in [3.8, 4) is 17.6 Å². The van der Waals surface area contributed by atoms with Crippen molar-refractivity contribution in [2.45, 2.75) is 38.6 Å². The molecular weight excluding hydrogens is 374 g/mol. The molecule has 0 N–H and O–H groups in total. The number of nitriles is 1. The number of nitrogens with zero attached hydrogens (tertiary/aromatic N) is 3. The van der Waals surface area contributed by atoms with Gasteiger partial charge in [0, 0.05) is 5.92 Å². The van der Waals surface area contributed by atoms with Crippen molar-refractivity contribution in [1.82, 2.24) is 9.78 Å². The van der Waals surface area contributed by atoms with Crippen molar-refractivity contribution in [3.63, 3.8) is 0 Å². The minimum Gasteiger partial charge on any atom is -0.452 e. The van der Waals surface area contributed by atoms with E-state index in [1.54, 1.807) is 4.68 Å². The number of ether oxygens (including phenoxy) is 1. The molecule has 26 heavy (non-hydrogen) atoms. The molecule has 0 spiro atoms.